The molecule has 3 N–H and O–H groups in total. The van der Waals surface area contributed by atoms with Crippen molar-refractivity contribution in [1.29, 1.82) is 0 Å². The molecule has 1 saturated heterocycles. The zero-order valence-corrected chi connectivity index (χ0v) is 23.6. The van der Waals surface area contributed by atoms with Gasteiger partial charge in [0.25, 0.3) is 5.56 Å². The molecule has 9 nitrogen and oxygen atoms in total. The molecule has 3 heterocycles. The van der Waals surface area contributed by atoms with Crippen LogP contribution in [0.15, 0.2) is 41.2 Å². The molecule has 12 heteroatoms. The number of H-pyrrole nitrogens is 1. The first-order valence-electron chi connectivity index (χ1n) is 12.6. The lowest BCUT2D eigenvalue weighted by Gasteiger charge is -2.12. The molecule has 39 heavy (non-hydrogen) atoms. The molecule has 1 fully saturated rings. The zero-order valence-electron chi connectivity index (χ0n) is 21.4. The van der Waals surface area contributed by atoms with Crippen LogP contribution in [0.1, 0.15) is 49.7 Å². The Morgan fingerprint density at radius 3 is 2.54 bits per heavy atom. The lowest BCUT2D eigenvalue weighted by atomic mass is 10.1. The second-order valence-corrected chi connectivity index (χ2v) is 11.0. The van der Waals surface area contributed by atoms with Crippen LogP contribution >= 0.6 is 34.8 Å². The second kappa shape index (κ2) is 11.6. The lowest BCUT2D eigenvalue weighted by molar-refractivity contribution is 0.112. The van der Waals surface area contributed by atoms with Crippen molar-refractivity contribution in [1.82, 2.24) is 25.1 Å². The molecule has 1 aliphatic rings. The number of aromatic nitrogens is 4. The van der Waals surface area contributed by atoms with Crippen LogP contribution in [0.25, 0.3) is 16.7 Å². The summed E-state index contributed by atoms with van der Waals surface area (Å²) >= 11 is 19.1. The van der Waals surface area contributed by atoms with Gasteiger partial charge in [0.1, 0.15) is 16.9 Å². The van der Waals surface area contributed by atoms with E-state index in [0.29, 0.717) is 62.0 Å². The van der Waals surface area contributed by atoms with E-state index in [0.717, 1.165) is 25.0 Å². The Kier molecular flexibility index (Phi) is 8.13. The number of fused-ring (bicyclic) bond motifs is 1. The van der Waals surface area contributed by atoms with Crippen molar-refractivity contribution < 1.29 is 9.53 Å². The molecular formula is C27H27Cl3N6O3. The van der Waals surface area contributed by atoms with Crippen LogP contribution in [0.2, 0.25) is 15.1 Å². The van der Waals surface area contributed by atoms with E-state index in [1.807, 2.05) is 26.0 Å². The standard InChI is InChI=1S/C27H27Cl3N6O3/c1-14(2)23-22-25(36(35-23)24-19(29)11-16(28)12-20(24)30)33-21(34-26(22)37)10-15-5-7-17(8-6-15)32-27(38)31-13-18-4-3-9-39-18/h5-8,11-12,14,18H,3-4,9-10,13H2,1-2H3,(H2,31,32,38)(H,33,34,37). The highest BCUT2D eigenvalue weighted by Crippen LogP contribution is 2.34. The molecule has 0 aliphatic carbocycles. The molecule has 0 bridgehead atoms. The molecule has 5 rings (SSSR count). The maximum absolute atomic E-state index is 13.2. The molecule has 1 aliphatic heterocycles. The number of benzene rings is 2. The van der Waals surface area contributed by atoms with Gasteiger partial charge < -0.3 is 20.4 Å². The van der Waals surface area contributed by atoms with Gasteiger partial charge in [0.05, 0.1) is 21.8 Å². The summed E-state index contributed by atoms with van der Waals surface area (Å²) in [5, 5.41) is 11.7. The van der Waals surface area contributed by atoms with Gasteiger partial charge in [0.2, 0.25) is 0 Å². The quantitative estimate of drug-likeness (QED) is 0.242. The molecule has 2 aromatic carbocycles. The summed E-state index contributed by atoms with van der Waals surface area (Å²) in [6, 6.07) is 10.2. The van der Waals surface area contributed by atoms with E-state index in [4.69, 9.17) is 44.5 Å². The first-order chi connectivity index (χ1) is 18.7. The molecule has 0 saturated carbocycles. The third-order valence-electron chi connectivity index (χ3n) is 6.45. The van der Waals surface area contributed by atoms with E-state index < -0.39 is 0 Å². The Bertz CT molecular complexity index is 1550. The number of anilines is 1. The van der Waals surface area contributed by atoms with Crippen LogP contribution in [-0.2, 0) is 11.2 Å². The number of nitrogens with one attached hydrogen (secondary N) is 3. The molecule has 2 amide bonds. The number of rotatable bonds is 7. The Morgan fingerprint density at radius 1 is 1.18 bits per heavy atom. The summed E-state index contributed by atoms with van der Waals surface area (Å²) in [6.45, 7) is 5.12. The van der Waals surface area contributed by atoms with Gasteiger partial charge in [0, 0.05) is 30.3 Å². The van der Waals surface area contributed by atoms with E-state index in [-0.39, 0.29) is 23.6 Å². The second-order valence-electron chi connectivity index (χ2n) is 9.72. The average Bonchev–Trinajstić information content (AvgIpc) is 3.52. The monoisotopic (exact) mass is 588 g/mol. The fraction of sp³-hybridized carbons (Fsp3) is 0.333. The number of ether oxygens (including phenoxy) is 1. The van der Waals surface area contributed by atoms with Crippen molar-refractivity contribution in [2.75, 3.05) is 18.5 Å². The maximum atomic E-state index is 13.2. The van der Waals surface area contributed by atoms with Gasteiger partial charge in [-0.25, -0.2) is 14.5 Å². The highest BCUT2D eigenvalue weighted by atomic mass is 35.5. The molecule has 4 aromatic rings. The number of amides is 2. The SMILES string of the molecule is CC(C)c1nn(-c2c(Cl)cc(Cl)cc2Cl)c2nc(Cc3ccc(NC(=O)NCC4CCCO4)cc3)[nH]c(=O)c12. The third kappa shape index (κ3) is 6.06. The van der Waals surface area contributed by atoms with Crippen molar-refractivity contribution >= 4 is 57.6 Å². The minimum Gasteiger partial charge on any atom is -0.376 e. The zero-order chi connectivity index (χ0) is 27.7. The smallest absolute Gasteiger partial charge is 0.319 e. The third-order valence-corrected chi connectivity index (χ3v) is 7.25. The van der Waals surface area contributed by atoms with Crippen LogP contribution in [0.4, 0.5) is 10.5 Å². The fourth-order valence-electron chi connectivity index (χ4n) is 4.56. The lowest BCUT2D eigenvalue weighted by Crippen LogP contribution is -2.35. The highest BCUT2D eigenvalue weighted by Gasteiger charge is 2.23. The van der Waals surface area contributed by atoms with Gasteiger partial charge in [-0.2, -0.15) is 5.10 Å². The summed E-state index contributed by atoms with van der Waals surface area (Å²) in [6.07, 6.45) is 2.40. The van der Waals surface area contributed by atoms with E-state index in [1.165, 1.54) is 4.68 Å². The minimum absolute atomic E-state index is 0.0460. The number of urea groups is 1. The normalized spacial score (nSPS) is 15.3. The first-order valence-corrected chi connectivity index (χ1v) is 13.7. The molecule has 1 unspecified atom stereocenters. The van der Waals surface area contributed by atoms with Crippen molar-refractivity contribution in [3.8, 4) is 5.69 Å². The van der Waals surface area contributed by atoms with Gasteiger partial charge >= 0.3 is 6.03 Å². The van der Waals surface area contributed by atoms with E-state index in [2.05, 4.69) is 20.7 Å². The van der Waals surface area contributed by atoms with Gasteiger partial charge in [-0.1, -0.05) is 60.8 Å². The topological polar surface area (TPSA) is 114 Å². The predicted molar refractivity (Wildman–Crippen MR) is 154 cm³/mol. The number of nitrogens with zero attached hydrogens (tertiary/aromatic N) is 3. The van der Waals surface area contributed by atoms with Crippen molar-refractivity contribution in [3.05, 3.63) is 78.9 Å². The van der Waals surface area contributed by atoms with E-state index >= 15 is 0 Å². The first kappa shape index (κ1) is 27.5. The number of carbonyl (C=O) groups excluding carboxylic acids is 1. The molecule has 204 valence electrons. The molecule has 0 radical (unpaired) electrons. The van der Waals surface area contributed by atoms with E-state index in [9.17, 15) is 9.59 Å². The Morgan fingerprint density at radius 2 is 1.90 bits per heavy atom. The molecular weight excluding hydrogens is 563 g/mol. The predicted octanol–water partition coefficient (Wildman–Crippen LogP) is 6.08. The number of aromatic amines is 1. The number of hydrogen-bond donors (Lipinski definition) is 3. The summed E-state index contributed by atoms with van der Waals surface area (Å²) in [5.41, 5.74) is 2.57. The van der Waals surface area contributed by atoms with Crippen LogP contribution in [-0.4, -0.2) is 45.0 Å². The molecule has 2 aromatic heterocycles. The Hall–Kier alpha value is -3.11. The summed E-state index contributed by atoms with van der Waals surface area (Å²) in [4.78, 5) is 33.1. The average molecular weight is 590 g/mol. The number of hydrogen-bond acceptors (Lipinski definition) is 5. The van der Waals surface area contributed by atoms with Gasteiger partial charge in [0.15, 0.2) is 5.65 Å². The van der Waals surface area contributed by atoms with Crippen LogP contribution in [0.5, 0.6) is 0 Å². The maximum Gasteiger partial charge on any atom is 0.319 e. The summed E-state index contributed by atoms with van der Waals surface area (Å²) in [7, 11) is 0. The van der Waals surface area contributed by atoms with Crippen LogP contribution in [0.3, 0.4) is 0 Å². The fourth-order valence-corrected chi connectivity index (χ4v) is 5.54. The highest BCUT2D eigenvalue weighted by molar-refractivity contribution is 6.40. The van der Waals surface area contributed by atoms with Crippen molar-refractivity contribution in [2.24, 2.45) is 0 Å². The molecule has 0 spiro atoms. The van der Waals surface area contributed by atoms with Crippen LogP contribution < -0.4 is 16.2 Å². The Balaban J connectivity index is 1.40. The number of halogens is 3. The van der Waals surface area contributed by atoms with Crippen molar-refractivity contribution in [2.45, 2.75) is 45.1 Å². The molecule has 1 atom stereocenters. The number of carbonyl (C=O) groups is 1. The summed E-state index contributed by atoms with van der Waals surface area (Å²) < 4.78 is 7.03. The van der Waals surface area contributed by atoms with E-state index in [1.54, 1.807) is 24.3 Å². The van der Waals surface area contributed by atoms with Crippen molar-refractivity contribution in [3.63, 3.8) is 0 Å². The Labute approximate surface area is 239 Å². The minimum atomic E-state index is -0.299. The summed E-state index contributed by atoms with van der Waals surface area (Å²) in [5.74, 6) is 0.399. The largest absolute Gasteiger partial charge is 0.376 e. The van der Waals surface area contributed by atoms with Gasteiger partial charge in [-0.15, -0.1) is 0 Å². The van der Waals surface area contributed by atoms with Gasteiger partial charge in [-0.3, -0.25) is 4.79 Å². The van der Waals surface area contributed by atoms with Crippen LogP contribution in [0, 0.1) is 0 Å². The van der Waals surface area contributed by atoms with Gasteiger partial charge in [-0.05, 0) is 48.6 Å².